The zero-order valence-corrected chi connectivity index (χ0v) is 31.4. The standard InChI is InChI=1S/C34H59N3O11S/c1-9-10-11-12-13-14-15-16-17-18-19-26(36-33(42)48-34(6,7)8)20-35-32(49)37-31-30(46-25(5)41)29(45-24(4)40)28(44-23(3)39)27(47-31)21-43-22(2)38/h26-31H,9-21H2,1-8H3,(H,36,42)(H2,35,37,49)/t26-,27+,28+,29-,30+,31+/m0/s1. The fourth-order valence-corrected chi connectivity index (χ4v) is 5.52. The van der Waals surface area contributed by atoms with Gasteiger partial charge in [0.05, 0.1) is 0 Å². The van der Waals surface area contributed by atoms with Gasteiger partial charge in [0.2, 0.25) is 0 Å². The van der Waals surface area contributed by atoms with Crippen LogP contribution in [0.5, 0.6) is 0 Å². The largest absolute Gasteiger partial charge is 0.463 e. The van der Waals surface area contributed by atoms with Gasteiger partial charge >= 0.3 is 30.0 Å². The van der Waals surface area contributed by atoms with E-state index in [4.69, 9.17) is 40.6 Å². The Balaban J connectivity index is 3.00. The topological polar surface area (TPSA) is 177 Å². The zero-order valence-electron chi connectivity index (χ0n) is 30.6. The Morgan fingerprint density at radius 3 is 1.76 bits per heavy atom. The normalized spacial score (nSPS) is 21.0. The molecular weight excluding hydrogens is 658 g/mol. The van der Waals surface area contributed by atoms with Gasteiger partial charge in [0.1, 0.15) is 18.3 Å². The van der Waals surface area contributed by atoms with Crippen LogP contribution in [-0.4, -0.2) is 90.5 Å². The molecule has 49 heavy (non-hydrogen) atoms. The van der Waals surface area contributed by atoms with Crippen molar-refractivity contribution < 1.29 is 52.4 Å². The number of ether oxygens (including phenoxy) is 6. The first-order chi connectivity index (χ1) is 23.0. The predicted octanol–water partition coefficient (Wildman–Crippen LogP) is 4.74. The third-order valence-corrected chi connectivity index (χ3v) is 7.66. The van der Waals surface area contributed by atoms with Gasteiger partial charge in [0, 0.05) is 40.3 Å². The maximum Gasteiger partial charge on any atom is 0.407 e. The first kappa shape index (κ1) is 43.8. The van der Waals surface area contributed by atoms with Crippen LogP contribution < -0.4 is 16.0 Å². The van der Waals surface area contributed by atoms with E-state index < -0.39 is 66.2 Å². The monoisotopic (exact) mass is 717 g/mol. The summed E-state index contributed by atoms with van der Waals surface area (Å²) in [5.41, 5.74) is -0.675. The molecule has 1 aliphatic rings. The molecule has 14 nitrogen and oxygen atoms in total. The van der Waals surface area contributed by atoms with Crippen LogP contribution in [0.4, 0.5) is 4.79 Å². The average molecular weight is 718 g/mol. The summed E-state index contributed by atoms with van der Waals surface area (Å²) < 4.78 is 33.0. The number of carbonyl (C=O) groups is 5. The Kier molecular flexibility index (Phi) is 20.8. The molecule has 0 unspecified atom stereocenters. The third kappa shape index (κ3) is 20.2. The van der Waals surface area contributed by atoms with Crippen molar-refractivity contribution in [3.8, 4) is 0 Å². The summed E-state index contributed by atoms with van der Waals surface area (Å²) >= 11 is 5.55. The molecule has 0 radical (unpaired) electrons. The Labute approximate surface area is 296 Å². The molecule has 0 aromatic carbocycles. The van der Waals surface area contributed by atoms with Crippen molar-refractivity contribution in [3.63, 3.8) is 0 Å². The van der Waals surface area contributed by atoms with Crippen LogP contribution in [0.3, 0.4) is 0 Å². The molecule has 0 aromatic heterocycles. The fraction of sp³-hybridized carbons (Fsp3) is 0.824. The van der Waals surface area contributed by atoms with Gasteiger partial charge in [-0.15, -0.1) is 0 Å². The minimum absolute atomic E-state index is 0.0694. The number of carbonyl (C=O) groups excluding carboxylic acids is 5. The first-order valence-electron chi connectivity index (χ1n) is 17.4. The lowest BCUT2D eigenvalue weighted by atomic mass is 9.97. The molecule has 0 aromatic rings. The van der Waals surface area contributed by atoms with E-state index in [0.717, 1.165) is 40.0 Å². The number of amides is 1. The summed E-state index contributed by atoms with van der Waals surface area (Å²) in [6, 6.07) is -0.334. The molecule has 282 valence electrons. The molecule has 1 fully saturated rings. The van der Waals surface area contributed by atoms with Gasteiger partial charge < -0.3 is 44.4 Å². The van der Waals surface area contributed by atoms with E-state index in [1.165, 1.54) is 51.9 Å². The van der Waals surface area contributed by atoms with E-state index in [0.29, 0.717) is 6.42 Å². The minimum Gasteiger partial charge on any atom is -0.463 e. The Morgan fingerprint density at radius 1 is 0.735 bits per heavy atom. The molecule has 1 heterocycles. The summed E-state index contributed by atoms with van der Waals surface area (Å²) in [6.45, 7) is 12.1. The molecule has 1 rings (SSSR count). The van der Waals surface area contributed by atoms with Gasteiger partial charge in [0.15, 0.2) is 29.7 Å². The van der Waals surface area contributed by atoms with Gasteiger partial charge in [-0.25, -0.2) is 4.79 Å². The van der Waals surface area contributed by atoms with Crippen molar-refractivity contribution in [2.75, 3.05) is 13.2 Å². The van der Waals surface area contributed by atoms with Crippen molar-refractivity contribution in [1.29, 1.82) is 0 Å². The summed E-state index contributed by atoms with van der Waals surface area (Å²) in [7, 11) is 0. The highest BCUT2D eigenvalue weighted by molar-refractivity contribution is 7.80. The van der Waals surface area contributed by atoms with Gasteiger partial charge in [0.25, 0.3) is 0 Å². The lowest BCUT2D eigenvalue weighted by Gasteiger charge is -2.44. The lowest BCUT2D eigenvalue weighted by molar-refractivity contribution is -0.254. The SMILES string of the molecule is CCCCCCCCCCCC[C@@H](CNC(=S)N[C@@H]1O[C@H](COC(C)=O)[C@@H](OC(C)=O)[C@H](OC(C)=O)[C@H]1OC(C)=O)NC(=O)OC(C)(C)C. The first-order valence-corrected chi connectivity index (χ1v) is 17.8. The number of rotatable bonds is 20. The minimum atomic E-state index is -1.34. The number of thiocarbonyl (C=S) groups is 1. The quantitative estimate of drug-likeness (QED) is 0.0681. The third-order valence-electron chi connectivity index (χ3n) is 7.40. The number of hydrogen-bond donors (Lipinski definition) is 3. The van der Waals surface area contributed by atoms with Crippen molar-refractivity contribution in [2.45, 2.75) is 168 Å². The molecule has 1 saturated heterocycles. The van der Waals surface area contributed by atoms with Crippen molar-refractivity contribution in [3.05, 3.63) is 0 Å². The molecule has 6 atom stereocenters. The second-order valence-corrected chi connectivity index (χ2v) is 13.7. The summed E-state index contributed by atoms with van der Waals surface area (Å²) in [4.78, 5) is 60.5. The predicted molar refractivity (Wildman–Crippen MR) is 185 cm³/mol. The summed E-state index contributed by atoms with van der Waals surface area (Å²) in [6.07, 6.45) is 5.64. The van der Waals surface area contributed by atoms with Crippen LogP contribution in [0.1, 0.15) is 126 Å². The van der Waals surface area contributed by atoms with Crippen LogP contribution in [0.2, 0.25) is 0 Å². The van der Waals surface area contributed by atoms with Crippen LogP contribution in [-0.2, 0) is 47.6 Å². The highest BCUT2D eigenvalue weighted by atomic mass is 32.1. The van der Waals surface area contributed by atoms with Crippen LogP contribution >= 0.6 is 12.2 Å². The van der Waals surface area contributed by atoms with Crippen molar-refractivity contribution >= 4 is 47.3 Å². The Bertz CT molecular complexity index is 1070. The maximum absolute atomic E-state index is 12.6. The Morgan fingerprint density at radius 2 is 1.24 bits per heavy atom. The molecule has 3 N–H and O–H groups in total. The van der Waals surface area contributed by atoms with Crippen LogP contribution in [0.25, 0.3) is 0 Å². The number of esters is 4. The van der Waals surface area contributed by atoms with Gasteiger partial charge in [-0.2, -0.15) is 0 Å². The Hall–Kier alpha value is -3.20. The highest BCUT2D eigenvalue weighted by Crippen LogP contribution is 2.28. The number of alkyl carbamates (subject to hydrolysis) is 1. The molecule has 0 saturated carbocycles. The van der Waals surface area contributed by atoms with Crippen LogP contribution in [0, 0.1) is 0 Å². The maximum atomic E-state index is 12.6. The molecule has 0 spiro atoms. The van der Waals surface area contributed by atoms with E-state index in [2.05, 4.69) is 22.9 Å². The van der Waals surface area contributed by atoms with Gasteiger partial charge in [-0.05, 0) is 39.4 Å². The molecule has 1 aliphatic heterocycles. The van der Waals surface area contributed by atoms with Crippen LogP contribution in [0.15, 0.2) is 0 Å². The van der Waals surface area contributed by atoms with E-state index >= 15 is 0 Å². The lowest BCUT2D eigenvalue weighted by Crippen LogP contribution is -2.67. The van der Waals surface area contributed by atoms with Crippen molar-refractivity contribution in [2.24, 2.45) is 0 Å². The fourth-order valence-electron chi connectivity index (χ4n) is 5.32. The number of nitrogens with one attached hydrogen (secondary N) is 3. The second kappa shape index (κ2) is 23.2. The smallest absolute Gasteiger partial charge is 0.407 e. The average Bonchev–Trinajstić information content (AvgIpc) is 2.97. The van der Waals surface area contributed by atoms with Gasteiger partial charge in [-0.1, -0.05) is 71.1 Å². The summed E-state index contributed by atoms with van der Waals surface area (Å²) in [5, 5.41) is 8.99. The van der Waals surface area contributed by atoms with E-state index in [-0.39, 0.29) is 24.3 Å². The number of unbranched alkanes of at least 4 members (excludes halogenated alkanes) is 9. The molecule has 0 aliphatic carbocycles. The van der Waals surface area contributed by atoms with E-state index in [9.17, 15) is 24.0 Å². The van der Waals surface area contributed by atoms with E-state index in [1.54, 1.807) is 20.8 Å². The van der Waals surface area contributed by atoms with Crippen molar-refractivity contribution in [1.82, 2.24) is 16.0 Å². The molecule has 1 amide bonds. The molecule has 15 heteroatoms. The molecule has 0 bridgehead atoms. The highest BCUT2D eigenvalue weighted by Gasteiger charge is 2.52. The summed E-state index contributed by atoms with van der Waals surface area (Å²) in [5.74, 6) is -2.82. The number of hydrogen-bond acceptors (Lipinski definition) is 12. The van der Waals surface area contributed by atoms with E-state index in [1.807, 2.05) is 0 Å². The molecular formula is C34H59N3O11S. The second-order valence-electron chi connectivity index (χ2n) is 13.3. The zero-order chi connectivity index (χ0) is 37.0. The van der Waals surface area contributed by atoms with Gasteiger partial charge in [-0.3, -0.25) is 19.2 Å².